The molecule has 2 rings (SSSR count). The third-order valence-electron chi connectivity index (χ3n) is 4.08. The SMILES string of the molecule is CC1CC(NC(=O)NC(CCC(=O)O)Cc2ccccc2)C1. The van der Waals surface area contributed by atoms with E-state index in [2.05, 4.69) is 17.6 Å². The molecule has 0 heterocycles. The molecule has 1 aromatic carbocycles. The van der Waals surface area contributed by atoms with Gasteiger partial charge in [-0.25, -0.2) is 4.79 Å². The highest BCUT2D eigenvalue weighted by molar-refractivity contribution is 5.75. The fourth-order valence-electron chi connectivity index (χ4n) is 2.85. The summed E-state index contributed by atoms with van der Waals surface area (Å²) in [5, 5.41) is 14.7. The normalized spacial score (nSPS) is 21.5. The first-order chi connectivity index (χ1) is 10.5. The van der Waals surface area contributed by atoms with Crippen molar-refractivity contribution in [1.82, 2.24) is 10.6 Å². The average Bonchev–Trinajstić information content (AvgIpc) is 2.44. The molecule has 1 unspecified atom stereocenters. The minimum absolute atomic E-state index is 0.0538. The largest absolute Gasteiger partial charge is 0.481 e. The minimum atomic E-state index is -0.840. The maximum atomic E-state index is 12.0. The van der Waals surface area contributed by atoms with E-state index in [1.54, 1.807) is 0 Å². The fourth-order valence-corrected chi connectivity index (χ4v) is 2.85. The molecular formula is C17H24N2O3. The Kier molecular flexibility index (Phi) is 5.81. The van der Waals surface area contributed by atoms with Gasteiger partial charge in [0.25, 0.3) is 0 Å². The van der Waals surface area contributed by atoms with Crippen LogP contribution in [-0.4, -0.2) is 29.2 Å². The number of carboxylic acid groups (broad SMARTS) is 1. The summed E-state index contributed by atoms with van der Waals surface area (Å²) in [4.78, 5) is 22.8. The number of amides is 2. The van der Waals surface area contributed by atoms with Gasteiger partial charge in [-0.3, -0.25) is 4.79 Å². The van der Waals surface area contributed by atoms with Gasteiger partial charge in [-0.1, -0.05) is 37.3 Å². The lowest BCUT2D eigenvalue weighted by atomic mass is 9.82. The first-order valence-electron chi connectivity index (χ1n) is 7.85. The molecule has 22 heavy (non-hydrogen) atoms. The Balaban J connectivity index is 1.85. The van der Waals surface area contributed by atoms with Gasteiger partial charge >= 0.3 is 12.0 Å². The van der Waals surface area contributed by atoms with Gasteiger partial charge in [0.1, 0.15) is 0 Å². The zero-order chi connectivity index (χ0) is 15.9. The predicted molar refractivity (Wildman–Crippen MR) is 84.7 cm³/mol. The van der Waals surface area contributed by atoms with Crippen LogP contribution in [0.5, 0.6) is 0 Å². The summed E-state index contributed by atoms with van der Waals surface area (Å²) in [6, 6.07) is 9.69. The summed E-state index contributed by atoms with van der Waals surface area (Å²) in [7, 11) is 0. The summed E-state index contributed by atoms with van der Waals surface area (Å²) in [6.07, 6.45) is 3.16. The number of hydrogen-bond acceptors (Lipinski definition) is 2. The lowest BCUT2D eigenvalue weighted by molar-refractivity contribution is -0.137. The molecule has 1 aliphatic carbocycles. The van der Waals surface area contributed by atoms with Gasteiger partial charge < -0.3 is 15.7 Å². The van der Waals surface area contributed by atoms with Crippen molar-refractivity contribution >= 4 is 12.0 Å². The van der Waals surface area contributed by atoms with Crippen LogP contribution in [0.2, 0.25) is 0 Å². The van der Waals surface area contributed by atoms with E-state index in [9.17, 15) is 9.59 Å². The minimum Gasteiger partial charge on any atom is -0.481 e. The Hall–Kier alpha value is -2.04. The first-order valence-corrected chi connectivity index (χ1v) is 7.85. The Morgan fingerprint density at radius 2 is 1.95 bits per heavy atom. The summed E-state index contributed by atoms with van der Waals surface area (Å²) < 4.78 is 0. The van der Waals surface area contributed by atoms with Crippen molar-refractivity contribution in [2.75, 3.05) is 0 Å². The van der Waals surface area contributed by atoms with Gasteiger partial charge in [0.05, 0.1) is 0 Å². The number of carbonyl (C=O) groups is 2. The van der Waals surface area contributed by atoms with Crippen LogP contribution < -0.4 is 10.6 Å². The zero-order valence-electron chi connectivity index (χ0n) is 12.9. The van der Waals surface area contributed by atoms with Gasteiger partial charge in [0, 0.05) is 18.5 Å². The molecule has 5 nitrogen and oxygen atoms in total. The highest BCUT2D eigenvalue weighted by atomic mass is 16.4. The average molecular weight is 304 g/mol. The third kappa shape index (κ3) is 5.39. The van der Waals surface area contributed by atoms with Gasteiger partial charge in [-0.15, -0.1) is 0 Å². The molecule has 0 radical (unpaired) electrons. The number of nitrogens with one attached hydrogen (secondary N) is 2. The molecule has 1 aliphatic rings. The van der Waals surface area contributed by atoms with E-state index in [1.165, 1.54) is 0 Å². The van der Waals surface area contributed by atoms with Crippen molar-refractivity contribution in [1.29, 1.82) is 0 Å². The summed E-state index contributed by atoms with van der Waals surface area (Å²) >= 11 is 0. The number of hydrogen-bond donors (Lipinski definition) is 3. The second-order valence-electron chi connectivity index (χ2n) is 6.21. The number of aliphatic carboxylic acids is 1. The number of urea groups is 1. The van der Waals surface area contributed by atoms with Gasteiger partial charge in [-0.05, 0) is 37.2 Å². The Bertz CT molecular complexity index is 498. The molecule has 5 heteroatoms. The molecule has 3 N–H and O–H groups in total. The van der Waals surface area contributed by atoms with Crippen LogP contribution in [-0.2, 0) is 11.2 Å². The topological polar surface area (TPSA) is 78.4 Å². The van der Waals surface area contributed by atoms with Crippen LogP contribution >= 0.6 is 0 Å². The first kappa shape index (κ1) is 16.3. The molecule has 1 aromatic rings. The fraction of sp³-hybridized carbons (Fsp3) is 0.529. The zero-order valence-corrected chi connectivity index (χ0v) is 12.9. The number of carboxylic acids is 1. The quantitative estimate of drug-likeness (QED) is 0.724. The van der Waals surface area contributed by atoms with Crippen molar-refractivity contribution in [3.8, 4) is 0 Å². The standard InChI is InChI=1S/C17H24N2O3/c1-12-9-15(10-12)19-17(22)18-14(7-8-16(20)21)11-13-5-3-2-4-6-13/h2-6,12,14-15H,7-11H2,1H3,(H,20,21)(H2,18,19,22). The highest BCUT2D eigenvalue weighted by Gasteiger charge is 2.27. The van der Waals surface area contributed by atoms with Crippen LogP contribution in [0.4, 0.5) is 4.79 Å². The molecule has 0 spiro atoms. The van der Waals surface area contributed by atoms with E-state index in [-0.39, 0.29) is 24.5 Å². The number of rotatable bonds is 7. The van der Waals surface area contributed by atoms with Crippen molar-refractivity contribution in [3.63, 3.8) is 0 Å². The van der Waals surface area contributed by atoms with E-state index < -0.39 is 5.97 Å². The van der Waals surface area contributed by atoms with E-state index in [0.717, 1.165) is 18.4 Å². The summed E-state index contributed by atoms with van der Waals surface area (Å²) in [5.74, 6) is -0.162. The van der Waals surface area contributed by atoms with E-state index in [1.807, 2.05) is 30.3 Å². The Morgan fingerprint density at radius 3 is 2.55 bits per heavy atom. The van der Waals surface area contributed by atoms with Crippen molar-refractivity contribution < 1.29 is 14.7 Å². The third-order valence-corrected chi connectivity index (χ3v) is 4.08. The van der Waals surface area contributed by atoms with Crippen molar-refractivity contribution in [2.45, 2.75) is 51.1 Å². The molecule has 120 valence electrons. The molecule has 0 bridgehead atoms. The maximum Gasteiger partial charge on any atom is 0.315 e. The Labute approximate surface area is 131 Å². The molecule has 1 fully saturated rings. The summed E-state index contributed by atoms with van der Waals surface area (Å²) in [6.45, 7) is 2.17. The molecular weight excluding hydrogens is 280 g/mol. The Morgan fingerprint density at radius 1 is 1.27 bits per heavy atom. The van der Waals surface area contributed by atoms with Crippen LogP contribution in [0.3, 0.4) is 0 Å². The van der Waals surface area contributed by atoms with E-state index >= 15 is 0 Å². The predicted octanol–water partition coefficient (Wildman–Crippen LogP) is 2.56. The smallest absolute Gasteiger partial charge is 0.315 e. The van der Waals surface area contributed by atoms with Gasteiger partial charge in [-0.2, -0.15) is 0 Å². The number of benzene rings is 1. The molecule has 0 aromatic heterocycles. The van der Waals surface area contributed by atoms with Crippen LogP contribution in [0.15, 0.2) is 30.3 Å². The molecule has 1 atom stereocenters. The number of carbonyl (C=O) groups excluding carboxylic acids is 1. The second kappa shape index (κ2) is 7.82. The molecule has 1 saturated carbocycles. The van der Waals surface area contributed by atoms with E-state index in [0.29, 0.717) is 18.8 Å². The van der Waals surface area contributed by atoms with Gasteiger partial charge in [0.2, 0.25) is 0 Å². The van der Waals surface area contributed by atoms with E-state index in [4.69, 9.17) is 5.11 Å². The molecule has 0 aliphatic heterocycles. The van der Waals surface area contributed by atoms with Gasteiger partial charge in [0.15, 0.2) is 0 Å². The monoisotopic (exact) mass is 304 g/mol. The van der Waals surface area contributed by atoms with Crippen LogP contribution in [0, 0.1) is 5.92 Å². The maximum absolute atomic E-state index is 12.0. The second-order valence-corrected chi connectivity index (χ2v) is 6.21. The van der Waals surface area contributed by atoms with Crippen molar-refractivity contribution in [3.05, 3.63) is 35.9 Å². The summed E-state index contributed by atoms with van der Waals surface area (Å²) in [5.41, 5.74) is 1.09. The lowest BCUT2D eigenvalue weighted by Crippen LogP contribution is -2.50. The lowest BCUT2D eigenvalue weighted by Gasteiger charge is -2.33. The highest BCUT2D eigenvalue weighted by Crippen LogP contribution is 2.26. The molecule has 0 saturated heterocycles. The van der Waals surface area contributed by atoms with Crippen LogP contribution in [0.25, 0.3) is 0 Å². The molecule has 2 amide bonds. The van der Waals surface area contributed by atoms with Crippen molar-refractivity contribution in [2.24, 2.45) is 5.92 Å². The van der Waals surface area contributed by atoms with Crippen LogP contribution in [0.1, 0.15) is 38.2 Å².